The summed E-state index contributed by atoms with van der Waals surface area (Å²) in [5.74, 6) is 1.93. The average Bonchev–Trinajstić information content (AvgIpc) is 3.56. The van der Waals surface area contributed by atoms with Crippen molar-refractivity contribution in [1.29, 1.82) is 0 Å². The molecule has 0 saturated carbocycles. The van der Waals surface area contributed by atoms with Gasteiger partial charge in [0, 0.05) is 33.2 Å². The third-order valence-corrected chi connectivity index (χ3v) is 9.84. The fraction of sp³-hybridized carbons (Fsp3) is 0. The van der Waals surface area contributed by atoms with Crippen molar-refractivity contribution in [3.8, 4) is 51.0 Å². The van der Waals surface area contributed by atoms with E-state index in [1.807, 2.05) is 30.3 Å². The zero-order chi connectivity index (χ0) is 33.7. The van der Waals surface area contributed by atoms with Crippen molar-refractivity contribution in [2.24, 2.45) is 0 Å². The molecule has 0 fully saturated rings. The van der Waals surface area contributed by atoms with E-state index < -0.39 is 0 Å². The van der Waals surface area contributed by atoms with Gasteiger partial charge in [0.25, 0.3) is 0 Å². The minimum atomic E-state index is 0.640. The molecule has 10 aromatic rings. The molecule has 8 aromatic carbocycles. The summed E-state index contributed by atoms with van der Waals surface area (Å²) < 4.78 is 2.38. The molecular weight excluding hydrogens is 621 g/mol. The first-order valence-electron chi connectivity index (χ1n) is 17.2. The average molecular weight is 651 g/mol. The lowest BCUT2D eigenvalue weighted by molar-refractivity contribution is 1.07. The Hall–Kier alpha value is -6.91. The van der Waals surface area contributed by atoms with Gasteiger partial charge >= 0.3 is 0 Å². The predicted molar refractivity (Wildman–Crippen MR) is 211 cm³/mol. The molecule has 0 amide bonds. The van der Waals surface area contributed by atoms with Gasteiger partial charge in [-0.2, -0.15) is 0 Å². The van der Waals surface area contributed by atoms with Crippen molar-refractivity contribution in [2.45, 2.75) is 0 Å². The number of rotatable bonds is 5. The van der Waals surface area contributed by atoms with Crippen molar-refractivity contribution >= 4 is 43.4 Å². The Labute approximate surface area is 295 Å². The Kier molecular flexibility index (Phi) is 6.78. The second-order valence-corrected chi connectivity index (χ2v) is 12.9. The Morgan fingerprint density at radius 3 is 1.75 bits per heavy atom. The lowest BCUT2D eigenvalue weighted by atomic mass is 9.98. The Bertz CT molecular complexity index is 2910. The largest absolute Gasteiger partial charge is 0.309 e. The van der Waals surface area contributed by atoms with Gasteiger partial charge in [-0.15, -0.1) is 0 Å². The summed E-state index contributed by atoms with van der Waals surface area (Å²) in [6, 6.07) is 63.9. The molecule has 10 rings (SSSR count). The van der Waals surface area contributed by atoms with Crippen LogP contribution >= 0.6 is 0 Å². The van der Waals surface area contributed by atoms with Crippen LogP contribution in [0, 0.1) is 0 Å². The first-order chi connectivity index (χ1) is 25.3. The normalized spacial score (nSPS) is 11.5. The maximum Gasteiger partial charge on any atom is 0.164 e. The van der Waals surface area contributed by atoms with Crippen LogP contribution in [0.3, 0.4) is 0 Å². The molecule has 0 unspecified atom stereocenters. The monoisotopic (exact) mass is 650 g/mol. The molecule has 0 atom stereocenters. The van der Waals surface area contributed by atoms with Crippen molar-refractivity contribution in [3.63, 3.8) is 0 Å². The van der Waals surface area contributed by atoms with Crippen molar-refractivity contribution in [1.82, 2.24) is 19.5 Å². The van der Waals surface area contributed by atoms with E-state index in [1.54, 1.807) is 0 Å². The van der Waals surface area contributed by atoms with E-state index in [0.29, 0.717) is 17.5 Å². The standard InChI is InChI=1S/C47H30N4/c1-2-14-34(15-3-1)45-48-46(36-23-22-31-12-4-5-16-35(31)30-36)50-47(49-45)40-19-9-8-17-38(40)33-24-27-37(28-25-33)51-42-21-11-10-20-41(42)44-39-18-7-6-13-32(39)26-29-43(44)51/h1-30H. The molecule has 0 spiro atoms. The van der Waals surface area contributed by atoms with Gasteiger partial charge in [0.2, 0.25) is 0 Å². The summed E-state index contributed by atoms with van der Waals surface area (Å²) in [4.78, 5) is 15.2. The lowest BCUT2D eigenvalue weighted by Gasteiger charge is -2.13. The van der Waals surface area contributed by atoms with Crippen LogP contribution in [0.1, 0.15) is 0 Å². The number of aromatic nitrogens is 4. The first-order valence-corrected chi connectivity index (χ1v) is 17.2. The van der Waals surface area contributed by atoms with Crippen molar-refractivity contribution in [2.75, 3.05) is 0 Å². The van der Waals surface area contributed by atoms with Crippen LogP contribution in [0.5, 0.6) is 0 Å². The second-order valence-electron chi connectivity index (χ2n) is 12.9. The van der Waals surface area contributed by atoms with Gasteiger partial charge in [0.15, 0.2) is 17.5 Å². The first kappa shape index (κ1) is 29.0. The van der Waals surface area contributed by atoms with Crippen LogP contribution in [0.2, 0.25) is 0 Å². The van der Waals surface area contributed by atoms with Crippen LogP contribution < -0.4 is 0 Å². The quantitative estimate of drug-likeness (QED) is 0.186. The zero-order valence-electron chi connectivity index (χ0n) is 27.6. The van der Waals surface area contributed by atoms with Gasteiger partial charge in [-0.3, -0.25) is 0 Å². The molecule has 4 heteroatoms. The van der Waals surface area contributed by atoms with Gasteiger partial charge in [-0.05, 0) is 63.0 Å². The molecule has 238 valence electrons. The molecule has 2 heterocycles. The van der Waals surface area contributed by atoms with E-state index in [-0.39, 0.29) is 0 Å². The Morgan fingerprint density at radius 2 is 0.922 bits per heavy atom. The number of hydrogen-bond acceptors (Lipinski definition) is 3. The van der Waals surface area contributed by atoms with Gasteiger partial charge in [-0.1, -0.05) is 152 Å². The lowest BCUT2D eigenvalue weighted by Crippen LogP contribution is -2.01. The van der Waals surface area contributed by atoms with Gasteiger partial charge in [-0.25, -0.2) is 15.0 Å². The molecule has 0 aliphatic rings. The summed E-state index contributed by atoms with van der Waals surface area (Å²) in [7, 11) is 0. The minimum Gasteiger partial charge on any atom is -0.309 e. The highest BCUT2D eigenvalue weighted by molar-refractivity contribution is 6.21. The molecule has 4 nitrogen and oxygen atoms in total. The van der Waals surface area contributed by atoms with Gasteiger partial charge in [0.05, 0.1) is 11.0 Å². The summed E-state index contributed by atoms with van der Waals surface area (Å²) in [5.41, 5.74) is 8.51. The van der Waals surface area contributed by atoms with Gasteiger partial charge < -0.3 is 4.57 Å². The fourth-order valence-electron chi connectivity index (χ4n) is 7.41. The number of para-hydroxylation sites is 1. The number of hydrogen-bond donors (Lipinski definition) is 0. The van der Waals surface area contributed by atoms with Crippen LogP contribution in [-0.2, 0) is 0 Å². The highest BCUT2D eigenvalue weighted by atomic mass is 15.0. The molecule has 0 aliphatic heterocycles. The third-order valence-electron chi connectivity index (χ3n) is 9.84. The summed E-state index contributed by atoms with van der Waals surface area (Å²) in [6.07, 6.45) is 0. The molecular formula is C47H30N4. The van der Waals surface area contributed by atoms with Gasteiger partial charge in [0.1, 0.15) is 0 Å². The number of benzene rings is 8. The SMILES string of the molecule is c1ccc(-c2nc(-c3ccc4ccccc4c3)nc(-c3ccccc3-c3ccc(-n4c5ccccc5c5c6ccccc6ccc54)cc3)n2)cc1. The summed E-state index contributed by atoms with van der Waals surface area (Å²) in [5, 5.41) is 7.38. The topological polar surface area (TPSA) is 43.6 Å². The van der Waals surface area contributed by atoms with Crippen LogP contribution in [0.4, 0.5) is 0 Å². The zero-order valence-corrected chi connectivity index (χ0v) is 27.6. The third kappa shape index (κ3) is 4.96. The molecule has 2 aromatic heterocycles. The highest BCUT2D eigenvalue weighted by Crippen LogP contribution is 2.38. The predicted octanol–water partition coefficient (Wildman–Crippen LogP) is 11.9. The second kappa shape index (κ2) is 11.9. The minimum absolute atomic E-state index is 0.640. The Morgan fingerprint density at radius 1 is 0.333 bits per heavy atom. The van der Waals surface area contributed by atoms with Crippen LogP contribution in [0.15, 0.2) is 182 Å². The summed E-state index contributed by atoms with van der Waals surface area (Å²) >= 11 is 0. The highest BCUT2D eigenvalue weighted by Gasteiger charge is 2.18. The molecule has 0 radical (unpaired) electrons. The molecule has 51 heavy (non-hydrogen) atoms. The van der Waals surface area contributed by atoms with Crippen molar-refractivity contribution in [3.05, 3.63) is 182 Å². The van der Waals surface area contributed by atoms with E-state index in [0.717, 1.165) is 38.9 Å². The van der Waals surface area contributed by atoms with Crippen LogP contribution in [0.25, 0.3) is 94.3 Å². The van der Waals surface area contributed by atoms with E-state index in [9.17, 15) is 0 Å². The van der Waals surface area contributed by atoms with E-state index in [2.05, 4.69) is 156 Å². The van der Waals surface area contributed by atoms with E-state index in [1.165, 1.54) is 38.0 Å². The smallest absolute Gasteiger partial charge is 0.164 e. The molecule has 0 saturated heterocycles. The number of fused-ring (bicyclic) bond motifs is 6. The summed E-state index contributed by atoms with van der Waals surface area (Å²) in [6.45, 7) is 0. The molecule has 0 aliphatic carbocycles. The fourth-order valence-corrected chi connectivity index (χ4v) is 7.41. The van der Waals surface area contributed by atoms with Crippen molar-refractivity contribution < 1.29 is 0 Å². The molecule has 0 bridgehead atoms. The van der Waals surface area contributed by atoms with Crippen LogP contribution in [-0.4, -0.2) is 19.5 Å². The maximum atomic E-state index is 5.12. The Balaban J connectivity index is 1.11. The number of nitrogens with zero attached hydrogens (tertiary/aromatic N) is 4. The van der Waals surface area contributed by atoms with E-state index in [4.69, 9.17) is 15.0 Å². The molecule has 0 N–H and O–H groups in total. The maximum absolute atomic E-state index is 5.12. The van der Waals surface area contributed by atoms with E-state index >= 15 is 0 Å².